The summed E-state index contributed by atoms with van der Waals surface area (Å²) >= 11 is 0. The molecule has 0 spiro atoms. The second kappa shape index (κ2) is 6.39. The SMILES string of the molecule is O=C(CN1CCCC1=O)Nc1nc2ccccc2n1-c1ccccc1. The van der Waals surface area contributed by atoms with Crippen LogP contribution in [0.3, 0.4) is 0 Å². The molecule has 1 saturated heterocycles. The van der Waals surface area contributed by atoms with Gasteiger partial charge in [-0.1, -0.05) is 30.3 Å². The molecule has 6 heteroatoms. The van der Waals surface area contributed by atoms with Crippen LogP contribution < -0.4 is 5.32 Å². The molecule has 1 aliphatic rings. The fraction of sp³-hybridized carbons (Fsp3) is 0.211. The average molecular weight is 334 g/mol. The van der Waals surface area contributed by atoms with E-state index in [1.807, 2.05) is 59.2 Å². The molecule has 126 valence electrons. The molecule has 2 heterocycles. The number of likely N-dealkylation sites (tertiary alicyclic amines) is 1. The number of aromatic nitrogens is 2. The second-order valence-electron chi connectivity index (χ2n) is 6.06. The Hall–Kier alpha value is -3.15. The van der Waals surface area contributed by atoms with Crippen LogP contribution in [0.1, 0.15) is 12.8 Å². The smallest absolute Gasteiger partial charge is 0.246 e. The van der Waals surface area contributed by atoms with E-state index in [4.69, 9.17) is 0 Å². The topological polar surface area (TPSA) is 67.2 Å². The quantitative estimate of drug-likeness (QED) is 0.797. The molecular formula is C19H18N4O2. The summed E-state index contributed by atoms with van der Waals surface area (Å²) in [4.78, 5) is 30.3. The van der Waals surface area contributed by atoms with Crippen LogP contribution in [0.4, 0.5) is 5.95 Å². The fourth-order valence-corrected chi connectivity index (χ4v) is 3.16. The van der Waals surface area contributed by atoms with Gasteiger partial charge < -0.3 is 4.90 Å². The van der Waals surface area contributed by atoms with Gasteiger partial charge in [0.25, 0.3) is 0 Å². The van der Waals surface area contributed by atoms with E-state index in [0.29, 0.717) is 18.9 Å². The first-order valence-corrected chi connectivity index (χ1v) is 8.33. The first-order chi connectivity index (χ1) is 12.2. The molecule has 3 aromatic rings. The van der Waals surface area contributed by atoms with E-state index < -0.39 is 0 Å². The number of nitrogens with zero attached hydrogens (tertiary/aromatic N) is 3. The van der Waals surface area contributed by atoms with Gasteiger partial charge in [0.1, 0.15) is 0 Å². The number of imidazole rings is 1. The molecule has 0 saturated carbocycles. The Morgan fingerprint density at radius 1 is 1.08 bits per heavy atom. The summed E-state index contributed by atoms with van der Waals surface area (Å²) in [6, 6.07) is 17.5. The maximum absolute atomic E-state index is 12.4. The second-order valence-corrected chi connectivity index (χ2v) is 6.06. The molecule has 0 aliphatic carbocycles. The first-order valence-electron chi connectivity index (χ1n) is 8.33. The number of amides is 2. The van der Waals surface area contributed by atoms with Gasteiger partial charge >= 0.3 is 0 Å². The lowest BCUT2D eigenvalue weighted by Gasteiger charge is -2.15. The number of para-hydroxylation sites is 3. The highest BCUT2D eigenvalue weighted by Crippen LogP contribution is 2.24. The van der Waals surface area contributed by atoms with Crippen molar-refractivity contribution in [3.8, 4) is 5.69 Å². The lowest BCUT2D eigenvalue weighted by atomic mass is 10.3. The number of fused-ring (bicyclic) bond motifs is 1. The summed E-state index contributed by atoms with van der Waals surface area (Å²) in [6.45, 7) is 0.707. The third kappa shape index (κ3) is 2.98. The molecule has 2 amide bonds. The summed E-state index contributed by atoms with van der Waals surface area (Å²) in [5.74, 6) is 0.262. The van der Waals surface area contributed by atoms with Gasteiger partial charge in [0.05, 0.1) is 17.6 Å². The number of anilines is 1. The highest BCUT2D eigenvalue weighted by molar-refractivity contribution is 5.95. The highest BCUT2D eigenvalue weighted by Gasteiger charge is 2.23. The Morgan fingerprint density at radius 2 is 1.84 bits per heavy atom. The molecule has 25 heavy (non-hydrogen) atoms. The zero-order chi connectivity index (χ0) is 17.2. The van der Waals surface area contributed by atoms with Gasteiger partial charge in [-0.3, -0.25) is 19.5 Å². The van der Waals surface area contributed by atoms with E-state index in [1.165, 1.54) is 0 Å². The molecule has 1 aromatic heterocycles. The van der Waals surface area contributed by atoms with Gasteiger partial charge in [0.15, 0.2) is 0 Å². The first kappa shape index (κ1) is 15.4. The highest BCUT2D eigenvalue weighted by atomic mass is 16.2. The Bertz CT molecular complexity index is 933. The van der Waals surface area contributed by atoms with Crippen LogP contribution in [0.5, 0.6) is 0 Å². The average Bonchev–Trinajstić information content (AvgIpc) is 3.18. The minimum atomic E-state index is -0.234. The third-order valence-electron chi connectivity index (χ3n) is 4.33. The van der Waals surface area contributed by atoms with Gasteiger partial charge in [-0.15, -0.1) is 0 Å². The van der Waals surface area contributed by atoms with Gasteiger partial charge in [-0.05, 0) is 30.7 Å². The number of carbonyl (C=O) groups excluding carboxylic acids is 2. The Balaban J connectivity index is 1.67. The van der Waals surface area contributed by atoms with Crippen LogP contribution in [0.25, 0.3) is 16.7 Å². The normalized spacial score (nSPS) is 14.2. The van der Waals surface area contributed by atoms with Crippen molar-refractivity contribution >= 4 is 28.8 Å². The van der Waals surface area contributed by atoms with Crippen molar-refractivity contribution in [2.45, 2.75) is 12.8 Å². The maximum atomic E-state index is 12.4. The molecule has 2 aromatic carbocycles. The Morgan fingerprint density at radius 3 is 2.60 bits per heavy atom. The zero-order valence-corrected chi connectivity index (χ0v) is 13.7. The Labute approximate surface area is 145 Å². The van der Waals surface area contributed by atoms with Gasteiger partial charge in [0, 0.05) is 18.7 Å². The lowest BCUT2D eigenvalue weighted by Crippen LogP contribution is -2.34. The van der Waals surface area contributed by atoms with E-state index >= 15 is 0 Å². The summed E-state index contributed by atoms with van der Waals surface area (Å²) in [7, 11) is 0. The number of hydrogen-bond acceptors (Lipinski definition) is 3. The van der Waals surface area contributed by atoms with E-state index in [1.54, 1.807) is 4.90 Å². The van der Waals surface area contributed by atoms with Crippen molar-refractivity contribution in [3.05, 3.63) is 54.6 Å². The Kier molecular flexibility index (Phi) is 3.93. The lowest BCUT2D eigenvalue weighted by molar-refractivity contribution is -0.131. The minimum absolute atomic E-state index is 0.0340. The molecule has 1 aliphatic heterocycles. The van der Waals surface area contributed by atoms with Gasteiger partial charge in [0.2, 0.25) is 17.8 Å². The summed E-state index contributed by atoms with van der Waals surface area (Å²) in [5, 5.41) is 2.86. The van der Waals surface area contributed by atoms with E-state index in [0.717, 1.165) is 23.1 Å². The molecule has 1 fully saturated rings. The van der Waals surface area contributed by atoms with Crippen molar-refractivity contribution in [2.24, 2.45) is 0 Å². The molecular weight excluding hydrogens is 316 g/mol. The van der Waals surface area contributed by atoms with Crippen LogP contribution in [0.2, 0.25) is 0 Å². The van der Waals surface area contributed by atoms with Gasteiger partial charge in [-0.25, -0.2) is 4.98 Å². The van der Waals surface area contributed by atoms with Crippen LogP contribution in [-0.2, 0) is 9.59 Å². The minimum Gasteiger partial charge on any atom is -0.333 e. The van der Waals surface area contributed by atoms with Crippen LogP contribution in [0.15, 0.2) is 54.6 Å². The monoisotopic (exact) mass is 334 g/mol. The van der Waals surface area contributed by atoms with E-state index in [-0.39, 0.29) is 18.4 Å². The van der Waals surface area contributed by atoms with E-state index in [2.05, 4.69) is 10.3 Å². The molecule has 0 atom stereocenters. The van der Waals surface area contributed by atoms with Crippen LogP contribution in [0, 0.1) is 0 Å². The number of benzene rings is 2. The van der Waals surface area contributed by atoms with Crippen molar-refractivity contribution in [3.63, 3.8) is 0 Å². The molecule has 6 nitrogen and oxygen atoms in total. The number of nitrogens with one attached hydrogen (secondary N) is 1. The summed E-state index contributed by atoms with van der Waals surface area (Å²) in [6.07, 6.45) is 1.34. The molecule has 0 radical (unpaired) electrons. The van der Waals surface area contributed by atoms with Crippen LogP contribution in [-0.4, -0.2) is 39.4 Å². The van der Waals surface area contributed by atoms with Crippen molar-refractivity contribution in [1.29, 1.82) is 0 Å². The van der Waals surface area contributed by atoms with Gasteiger partial charge in [-0.2, -0.15) is 0 Å². The number of carbonyl (C=O) groups is 2. The third-order valence-corrected chi connectivity index (χ3v) is 4.33. The molecule has 0 bridgehead atoms. The summed E-state index contributed by atoms with van der Waals surface area (Å²) < 4.78 is 1.92. The predicted molar refractivity (Wildman–Crippen MR) is 95.5 cm³/mol. The van der Waals surface area contributed by atoms with Crippen molar-refractivity contribution < 1.29 is 9.59 Å². The van der Waals surface area contributed by atoms with Crippen LogP contribution >= 0.6 is 0 Å². The molecule has 0 unspecified atom stereocenters. The van der Waals surface area contributed by atoms with Crippen molar-refractivity contribution in [2.75, 3.05) is 18.4 Å². The van der Waals surface area contributed by atoms with E-state index in [9.17, 15) is 9.59 Å². The standard InChI is InChI=1S/C19H18N4O2/c24-17(13-22-12-6-11-18(22)25)21-19-20-15-9-4-5-10-16(15)23(19)14-7-2-1-3-8-14/h1-5,7-10H,6,11-13H2,(H,20,21,24). The maximum Gasteiger partial charge on any atom is 0.246 e. The number of hydrogen-bond donors (Lipinski definition) is 1. The van der Waals surface area contributed by atoms with Crippen molar-refractivity contribution in [1.82, 2.24) is 14.5 Å². The molecule has 4 rings (SSSR count). The fourth-order valence-electron chi connectivity index (χ4n) is 3.16. The molecule has 1 N–H and O–H groups in total. The predicted octanol–water partition coefficient (Wildman–Crippen LogP) is 2.59. The zero-order valence-electron chi connectivity index (χ0n) is 13.7. The number of rotatable bonds is 4. The largest absolute Gasteiger partial charge is 0.333 e. The summed E-state index contributed by atoms with van der Waals surface area (Å²) in [5.41, 5.74) is 2.64.